The van der Waals surface area contributed by atoms with E-state index in [9.17, 15) is 9.18 Å². The molecular weight excluding hydrogens is 317 g/mol. The predicted octanol–water partition coefficient (Wildman–Crippen LogP) is 2.93. The lowest BCUT2D eigenvalue weighted by atomic mass is 9.82. The highest BCUT2D eigenvalue weighted by atomic mass is 35.5. The molecule has 0 aliphatic rings. The molecule has 6 heteroatoms. The maximum absolute atomic E-state index is 14.2. The molecule has 0 saturated carbocycles. The van der Waals surface area contributed by atoms with Crippen molar-refractivity contribution in [3.63, 3.8) is 0 Å². The van der Waals surface area contributed by atoms with Gasteiger partial charge >= 0.3 is 0 Å². The van der Waals surface area contributed by atoms with Gasteiger partial charge in [-0.3, -0.25) is 4.79 Å². The first-order valence-corrected chi connectivity index (χ1v) is 6.93. The van der Waals surface area contributed by atoms with Crippen LogP contribution in [0.2, 0.25) is 0 Å². The van der Waals surface area contributed by atoms with Gasteiger partial charge in [-0.2, -0.15) is 4.99 Å². The van der Waals surface area contributed by atoms with Gasteiger partial charge < -0.3 is 11.5 Å². The number of carbonyl (C=O) groups excluding carboxylic acids is 1. The Labute approximate surface area is 140 Å². The number of amides is 1. The molecule has 0 saturated heterocycles. The number of benzene rings is 2. The predicted molar refractivity (Wildman–Crippen MR) is 92.1 cm³/mol. The molecule has 0 heterocycles. The molecule has 2 atom stereocenters. The van der Waals surface area contributed by atoms with Gasteiger partial charge in [-0.15, -0.1) is 12.4 Å². The summed E-state index contributed by atoms with van der Waals surface area (Å²) in [6.45, 7) is 1.85. The molecule has 0 spiro atoms. The summed E-state index contributed by atoms with van der Waals surface area (Å²) >= 11 is 0. The zero-order valence-corrected chi connectivity index (χ0v) is 13.5. The Kier molecular flexibility index (Phi) is 6.72. The first-order valence-electron chi connectivity index (χ1n) is 6.93. The number of hydrogen-bond donors (Lipinski definition) is 2. The van der Waals surface area contributed by atoms with Crippen LogP contribution < -0.4 is 11.5 Å². The molecule has 23 heavy (non-hydrogen) atoms. The Bertz CT molecular complexity index is 687. The van der Waals surface area contributed by atoms with Crippen LogP contribution in [0.25, 0.3) is 0 Å². The summed E-state index contributed by atoms with van der Waals surface area (Å²) in [6.07, 6.45) is 0. The SMILES string of the molecule is CC(c1ccccc1)C(C(=O)N=C(N)N)c1ccccc1F.Cl. The normalized spacial score (nSPS) is 12.6. The van der Waals surface area contributed by atoms with Crippen molar-refractivity contribution >= 4 is 24.3 Å². The van der Waals surface area contributed by atoms with Crippen LogP contribution in [-0.4, -0.2) is 11.9 Å². The van der Waals surface area contributed by atoms with Gasteiger partial charge in [0.1, 0.15) is 5.82 Å². The molecule has 122 valence electrons. The van der Waals surface area contributed by atoms with E-state index in [1.807, 2.05) is 37.3 Å². The van der Waals surface area contributed by atoms with Crippen LogP contribution in [0.1, 0.15) is 29.9 Å². The van der Waals surface area contributed by atoms with E-state index >= 15 is 0 Å². The number of aliphatic imine (C=N–C) groups is 1. The molecule has 2 aromatic rings. The molecule has 2 rings (SSSR count). The minimum Gasteiger partial charge on any atom is -0.370 e. The molecule has 4 N–H and O–H groups in total. The molecule has 2 aromatic carbocycles. The average Bonchev–Trinajstić information content (AvgIpc) is 2.49. The summed E-state index contributed by atoms with van der Waals surface area (Å²) < 4.78 is 14.2. The summed E-state index contributed by atoms with van der Waals surface area (Å²) in [7, 11) is 0. The van der Waals surface area contributed by atoms with E-state index in [-0.39, 0.29) is 29.8 Å². The zero-order chi connectivity index (χ0) is 16.1. The number of carbonyl (C=O) groups is 1. The van der Waals surface area contributed by atoms with Gasteiger partial charge in [0.05, 0.1) is 5.92 Å². The molecule has 0 aliphatic carbocycles. The Hall–Kier alpha value is -2.40. The van der Waals surface area contributed by atoms with Crippen molar-refractivity contribution in [2.24, 2.45) is 16.5 Å². The van der Waals surface area contributed by atoms with E-state index in [0.29, 0.717) is 0 Å². The van der Waals surface area contributed by atoms with Crippen LogP contribution in [0, 0.1) is 5.82 Å². The van der Waals surface area contributed by atoms with Gasteiger partial charge in [-0.05, 0) is 17.5 Å². The fourth-order valence-electron chi connectivity index (χ4n) is 2.49. The fraction of sp³-hybridized carbons (Fsp3) is 0.176. The number of nitrogens with two attached hydrogens (primary N) is 2. The molecule has 0 aliphatic heterocycles. The highest BCUT2D eigenvalue weighted by Crippen LogP contribution is 2.35. The van der Waals surface area contributed by atoms with Gasteiger partial charge in [0.15, 0.2) is 5.96 Å². The Morgan fingerprint density at radius 2 is 1.61 bits per heavy atom. The Morgan fingerprint density at radius 1 is 1.04 bits per heavy atom. The lowest BCUT2D eigenvalue weighted by Crippen LogP contribution is -2.27. The lowest BCUT2D eigenvalue weighted by Gasteiger charge is -2.22. The second kappa shape index (κ2) is 8.29. The summed E-state index contributed by atoms with van der Waals surface area (Å²) in [5.74, 6) is -2.39. The fourth-order valence-corrected chi connectivity index (χ4v) is 2.49. The van der Waals surface area contributed by atoms with E-state index in [4.69, 9.17) is 11.5 Å². The van der Waals surface area contributed by atoms with E-state index in [2.05, 4.69) is 4.99 Å². The number of nitrogens with zero attached hydrogens (tertiary/aromatic N) is 1. The highest BCUT2D eigenvalue weighted by molar-refractivity contribution is 5.95. The van der Waals surface area contributed by atoms with Crippen molar-refractivity contribution < 1.29 is 9.18 Å². The minimum absolute atomic E-state index is 0. The molecule has 1 amide bonds. The number of hydrogen-bond acceptors (Lipinski definition) is 1. The van der Waals surface area contributed by atoms with Crippen LogP contribution in [0.3, 0.4) is 0 Å². The maximum Gasteiger partial charge on any atom is 0.257 e. The quantitative estimate of drug-likeness (QED) is 0.665. The maximum atomic E-state index is 14.2. The van der Waals surface area contributed by atoms with Gasteiger partial charge in [-0.1, -0.05) is 55.5 Å². The molecule has 2 unspecified atom stereocenters. The third-order valence-corrected chi connectivity index (χ3v) is 3.57. The van der Waals surface area contributed by atoms with Crippen LogP contribution in [-0.2, 0) is 4.79 Å². The van der Waals surface area contributed by atoms with Crippen molar-refractivity contribution in [2.75, 3.05) is 0 Å². The van der Waals surface area contributed by atoms with Gasteiger partial charge in [0, 0.05) is 5.56 Å². The third kappa shape index (κ3) is 4.53. The van der Waals surface area contributed by atoms with Crippen molar-refractivity contribution in [2.45, 2.75) is 18.8 Å². The van der Waals surface area contributed by atoms with Crippen LogP contribution in [0.15, 0.2) is 59.6 Å². The van der Waals surface area contributed by atoms with E-state index in [1.54, 1.807) is 18.2 Å². The molecule has 0 aromatic heterocycles. The molecule has 0 bridgehead atoms. The van der Waals surface area contributed by atoms with Gasteiger partial charge in [-0.25, -0.2) is 4.39 Å². The highest BCUT2D eigenvalue weighted by Gasteiger charge is 2.30. The van der Waals surface area contributed by atoms with Crippen molar-refractivity contribution in [3.8, 4) is 0 Å². The van der Waals surface area contributed by atoms with Gasteiger partial charge in [0.25, 0.3) is 5.91 Å². The Morgan fingerprint density at radius 3 is 2.17 bits per heavy atom. The third-order valence-electron chi connectivity index (χ3n) is 3.57. The second-order valence-electron chi connectivity index (χ2n) is 5.07. The van der Waals surface area contributed by atoms with E-state index in [1.165, 1.54) is 6.07 Å². The minimum atomic E-state index is -0.786. The lowest BCUT2D eigenvalue weighted by molar-refractivity contribution is -0.119. The van der Waals surface area contributed by atoms with Crippen LogP contribution in [0.5, 0.6) is 0 Å². The summed E-state index contributed by atoms with van der Waals surface area (Å²) in [4.78, 5) is 16.0. The molecular formula is C17H19ClFN3O. The van der Waals surface area contributed by atoms with Crippen molar-refractivity contribution in [1.82, 2.24) is 0 Å². The number of halogens is 2. The Balaban J connectivity index is 0.00000264. The van der Waals surface area contributed by atoms with Crippen molar-refractivity contribution in [1.29, 1.82) is 0 Å². The first-order chi connectivity index (χ1) is 10.5. The first kappa shape index (κ1) is 18.6. The second-order valence-corrected chi connectivity index (χ2v) is 5.07. The monoisotopic (exact) mass is 335 g/mol. The van der Waals surface area contributed by atoms with E-state index < -0.39 is 17.6 Å². The summed E-state index contributed by atoms with van der Waals surface area (Å²) in [5, 5.41) is 0. The molecule has 0 radical (unpaired) electrons. The van der Waals surface area contributed by atoms with E-state index in [0.717, 1.165) is 5.56 Å². The molecule has 4 nitrogen and oxygen atoms in total. The summed E-state index contributed by atoms with van der Waals surface area (Å²) in [6, 6.07) is 15.6. The van der Waals surface area contributed by atoms with Crippen LogP contribution in [0.4, 0.5) is 4.39 Å². The van der Waals surface area contributed by atoms with Crippen molar-refractivity contribution in [3.05, 3.63) is 71.5 Å². The van der Waals surface area contributed by atoms with Gasteiger partial charge in [0.2, 0.25) is 0 Å². The molecule has 0 fully saturated rings. The largest absolute Gasteiger partial charge is 0.370 e. The van der Waals surface area contributed by atoms with Crippen LogP contribution >= 0.6 is 12.4 Å². The smallest absolute Gasteiger partial charge is 0.257 e. The standard InChI is InChI=1S/C17H18FN3O.ClH/c1-11(12-7-3-2-4-8-12)15(16(22)21-17(19)20)13-9-5-6-10-14(13)18;/h2-11,15H,1H3,(H4,19,20,21,22);1H. The average molecular weight is 336 g/mol. The topological polar surface area (TPSA) is 81.5 Å². The zero-order valence-electron chi connectivity index (χ0n) is 12.6. The summed E-state index contributed by atoms with van der Waals surface area (Å²) in [5.41, 5.74) is 11.8. The number of rotatable bonds is 4. The number of guanidine groups is 1.